The number of hydrogen-bond acceptors (Lipinski definition) is 6. The van der Waals surface area contributed by atoms with Gasteiger partial charge in [0, 0.05) is 25.2 Å². The highest BCUT2D eigenvalue weighted by atomic mass is 35.5. The predicted molar refractivity (Wildman–Crippen MR) is 81.5 cm³/mol. The molecule has 2 aromatic rings. The van der Waals surface area contributed by atoms with E-state index in [1.807, 2.05) is 24.3 Å². The summed E-state index contributed by atoms with van der Waals surface area (Å²) in [5, 5.41) is 14.9. The van der Waals surface area contributed by atoms with Gasteiger partial charge in [-0.15, -0.1) is 5.10 Å². The van der Waals surface area contributed by atoms with Crippen LogP contribution in [0, 0.1) is 0 Å². The van der Waals surface area contributed by atoms with Crippen molar-refractivity contribution in [1.82, 2.24) is 15.5 Å². The predicted octanol–water partition coefficient (Wildman–Crippen LogP) is 2.11. The van der Waals surface area contributed by atoms with E-state index in [1.54, 1.807) is 7.11 Å². The Bertz CT molecular complexity index is 530. The van der Waals surface area contributed by atoms with Crippen LogP contribution in [0.1, 0.15) is 11.5 Å². The minimum Gasteiger partial charge on any atom is -0.407 e. The molecule has 114 valence electrons. The van der Waals surface area contributed by atoms with Crippen LogP contribution in [0.4, 0.5) is 6.01 Å². The molecule has 0 aliphatic heterocycles. The number of methoxy groups -OCH3 is 1. The van der Waals surface area contributed by atoms with Gasteiger partial charge in [0.15, 0.2) is 0 Å². The number of nitrogens with zero attached hydrogens (tertiary/aromatic N) is 2. The molecule has 2 rings (SSSR count). The number of ether oxygens (including phenoxy) is 1. The minimum absolute atomic E-state index is 0.438. The van der Waals surface area contributed by atoms with Gasteiger partial charge in [0.25, 0.3) is 0 Å². The molecule has 0 atom stereocenters. The van der Waals surface area contributed by atoms with E-state index in [0.29, 0.717) is 25.1 Å². The summed E-state index contributed by atoms with van der Waals surface area (Å²) in [5.41, 5.74) is 1.20. The normalized spacial score (nSPS) is 10.8. The molecule has 7 heteroatoms. The highest BCUT2D eigenvalue weighted by Crippen LogP contribution is 2.10. The first-order valence-electron chi connectivity index (χ1n) is 6.78. The van der Waals surface area contributed by atoms with E-state index in [2.05, 4.69) is 20.8 Å². The number of aromatic nitrogens is 2. The van der Waals surface area contributed by atoms with Crippen LogP contribution >= 0.6 is 11.6 Å². The maximum absolute atomic E-state index is 5.84. The van der Waals surface area contributed by atoms with Crippen molar-refractivity contribution in [3.05, 3.63) is 40.7 Å². The molecule has 0 saturated carbocycles. The topological polar surface area (TPSA) is 72.2 Å². The molecule has 0 fully saturated rings. The van der Waals surface area contributed by atoms with Crippen molar-refractivity contribution in [3.8, 4) is 0 Å². The summed E-state index contributed by atoms with van der Waals surface area (Å²) in [6.07, 6.45) is 0.862. The third kappa shape index (κ3) is 5.71. The van der Waals surface area contributed by atoms with Crippen molar-refractivity contribution >= 4 is 17.6 Å². The first kappa shape index (κ1) is 15.8. The molecule has 0 aliphatic rings. The summed E-state index contributed by atoms with van der Waals surface area (Å²) in [4.78, 5) is 0. The molecule has 0 amide bonds. The molecule has 0 spiro atoms. The summed E-state index contributed by atoms with van der Waals surface area (Å²) in [6.45, 7) is 2.66. The molecular weight excluding hydrogens is 292 g/mol. The largest absolute Gasteiger partial charge is 0.407 e. The van der Waals surface area contributed by atoms with Gasteiger partial charge in [-0.3, -0.25) is 0 Å². The van der Waals surface area contributed by atoms with Crippen molar-refractivity contribution in [2.45, 2.75) is 13.0 Å². The lowest BCUT2D eigenvalue weighted by molar-refractivity contribution is 0.198. The fourth-order valence-electron chi connectivity index (χ4n) is 1.73. The smallest absolute Gasteiger partial charge is 0.315 e. The van der Waals surface area contributed by atoms with Crippen molar-refractivity contribution in [2.24, 2.45) is 0 Å². The Labute approximate surface area is 128 Å². The Morgan fingerprint density at radius 3 is 2.76 bits per heavy atom. The van der Waals surface area contributed by atoms with Crippen molar-refractivity contribution < 1.29 is 9.15 Å². The Balaban J connectivity index is 1.69. The second-order valence-corrected chi connectivity index (χ2v) is 4.91. The van der Waals surface area contributed by atoms with Gasteiger partial charge in [-0.2, -0.15) is 0 Å². The molecule has 1 aromatic heterocycles. The first-order chi connectivity index (χ1) is 10.3. The number of halogens is 1. The molecule has 0 radical (unpaired) electrons. The van der Waals surface area contributed by atoms with E-state index in [4.69, 9.17) is 20.8 Å². The molecule has 1 heterocycles. The number of rotatable bonds is 9. The van der Waals surface area contributed by atoms with E-state index >= 15 is 0 Å². The number of nitrogens with one attached hydrogen (secondary N) is 2. The zero-order valence-electron chi connectivity index (χ0n) is 11.9. The quantitative estimate of drug-likeness (QED) is 0.691. The number of hydrogen-bond donors (Lipinski definition) is 2. The van der Waals surface area contributed by atoms with Crippen LogP contribution in [0.25, 0.3) is 0 Å². The minimum atomic E-state index is 0.438. The summed E-state index contributed by atoms with van der Waals surface area (Å²) in [5.74, 6) is 0.556. The fourth-order valence-corrected chi connectivity index (χ4v) is 1.86. The summed E-state index contributed by atoms with van der Waals surface area (Å²) in [7, 11) is 1.66. The maximum Gasteiger partial charge on any atom is 0.315 e. The second kappa shape index (κ2) is 8.61. The van der Waals surface area contributed by atoms with Gasteiger partial charge in [-0.1, -0.05) is 28.8 Å². The molecule has 21 heavy (non-hydrogen) atoms. The van der Waals surface area contributed by atoms with Crippen LogP contribution in [0.15, 0.2) is 28.7 Å². The van der Waals surface area contributed by atoms with Crippen LogP contribution in [-0.4, -0.2) is 37.0 Å². The SMILES string of the molecule is COCCNCc1nnc(NCCc2ccc(Cl)cc2)o1. The van der Waals surface area contributed by atoms with E-state index in [0.717, 1.165) is 24.5 Å². The van der Waals surface area contributed by atoms with Crippen molar-refractivity contribution in [1.29, 1.82) is 0 Å². The van der Waals surface area contributed by atoms with Gasteiger partial charge in [-0.25, -0.2) is 0 Å². The lowest BCUT2D eigenvalue weighted by atomic mass is 10.1. The van der Waals surface area contributed by atoms with Crippen LogP contribution in [0.3, 0.4) is 0 Å². The highest BCUT2D eigenvalue weighted by molar-refractivity contribution is 6.30. The van der Waals surface area contributed by atoms with Gasteiger partial charge >= 0.3 is 6.01 Å². The van der Waals surface area contributed by atoms with Crippen LogP contribution in [-0.2, 0) is 17.7 Å². The average molecular weight is 311 g/mol. The number of anilines is 1. The zero-order valence-corrected chi connectivity index (χ0v) is 12.7. The van der Waals surface area contributed by atoms with Gasteiger partial charge in [0.2, 0.25) is 5.89 Å². The molecule has 0 aliphatic carbocycles. The Kier molecular flexibility index (Phi) is 6.46. The monoisotopic (exact) mass is 310 g/mol. The Morgan fingerprint density at radius 1 is 1.19 bits per heavy atom. The average Bonchev–Trinajstić information content (AvgIpc) is 2.94. The summed E-state index contributed by atoms with van der Waals surface area (Å²) >= 11 is 5.84. The van der Waals surface area contributed by atoms with Gasteiger partial charge < -0.3 is 19.8 Å². The third-order valence-electron chi connectivity index (χ3n) is 2.83. The molecule has 6 nitrogen and oxygen atoms in total. The zero-order chi connectivity index (χ0) is 14.9. The molecule has 0 unspecified atom stereocenters. The Hall–Kier alpha value is -1.63. The molecular formula is C14H19ClN4O2. The molecule has 0 bridgehead atoms. The standard InChI is InChI=1S/C14H19ClN4O2/c1-20-9-8-16-10-13-18-19-14(21-13)17-7-6-11-2-4-12(15)5-3-11/h2-5,16H,6-10H2,1H3,(H,17,19). The van der Waals surface area contributed by atoms with Crippen LogP contribution in [0.2, 0.25) is 5.02 Å². The van der Waals surface area contributed by atoms with Gasteiger partial charge in [0.1, 0.15) is 0 Å². The van der Waals surface area contributed by atoms with E-state index in [9.17, 15) is 0 Å². The molecule has 1 aromatic carbocycles. The number of benzene rings is 1. The second-order valence-electron chi connectivity index (χ2n) is 4.47. The Morgan fingerprint density at radius 2 is 2.00 bits per heavy atom. The molecule has 0 saturated heterocycles. The van der Waals surface area contributed by atoms with Gasteiger partial charge in [-0.05, 0) is 24.1 Å². The van der Waals surface area contributed by atoms with E-state index in [-0.39, 0.29) is 0 Å². The van der Waals surface area contributed by atoms with Crippen molar-refractivity contribution in [2.75, 3.05) is 32.1 Å². The highest BCUT2D eigenvalue weighted by Gasteiger charge is 2.04. The van der Waals surface area contributed by atoms with Crippen molar-refractivity contribution in [3.63, 3.8) is 0 Å². The summed E-state index contributed by atoms with van der Waals surface area (Å²) in [6, 6.07) is 8.21. The first-order valence-corrected chi connectivity index (χ1v) is 7.16. The fraction of sp³-hybridized carbons (Fsp3) is 0.429. The van der Waals surface area contributed by atoms with Gasteiger partial charge in [0.05, 0.1) is 13.2 Å². The van der Waals surface area contributed by atoms with E-state index in [1.165, 1.54) is 5.56 Å². The molecule has 2 N–H and O–H groups in total. The maximum atomic E-state index is 5.84. The van der Waals surface area contributed by atoms with Crippen LogP contribution in [0.5, 0.6) is 0 Å². The van der Waals surface area contributed by atoms with Crippen LogP contribution < -0.4 is 10.6 Å². The lowest BCUT2D eigenvalue weighted by Gasteiger charge is -2.02. The van der Waals surface area contributed by atoms with E-state index < -0.39 is 0 Å². The lowest BCUT2D eigenvalue weighted by Crippen LogP contribution is -2.18. The third-order valence-corrected chi connectivity index (χ3v) is 3.08. The summed E-state index contributed by atoms with van der Waals surface area (Å²) < 4.78 is 10.4.